The van der Waals surface area contributed by atoms with Crippen molar-refractivity contribution < 1.29 is 19.1 Å². The van der Waals surface area contributed by atoms with E-state index in [1.807, 2.05) is 42.5 Å². The summed E-state index contributed by atoms with van der Waals surface area (Å²) in [4.78, 5) is 38.8. The Hall–Kier alpha value is -3.52. The molecule has 2 aromatic carbocycles. The molecule has 7 nitrogen and oxygen atoms in total. The van der Waals surface area contributed by atoms with Crippen LogP contribution in [0.3, 0.4) is 0 Å². The summed E-state index contributed by atoms with van der Waals surface area (Å²) in [6.45, 7) is 0.905. The van der Waals surface area contributed by atoms with E-state index in [0.717, 1.165) is 22.5 Å². The van der Waals surface area contributed by atoms with Crippen molar-refractivity contribution in [2.75, 3.05) is 17.2 Å². The fourth-order valence-electron chi connectivity index (χ4n) is 2.35. The maximum Gasteiger partial charge on any atom is 0.358 e. The summed E-state index contributed by atoms with van der Waals surface area (Å²) in [6, 6.07) is 17.2. The van der Waals surface area contributed by atoms with Crippen LogP contribution in [0.5, 0.6) is 0 Å². The van der Waals surface area contributed by atoms with Crippen molar-refractivity contribution in [1.82, 2.24) is 4.98 Å². The van der Waals surface area contributed by atoms with E-state index in [9.17, 15) is 14.4 Å². The monoisotopic (exact) mass is 395 g/mol. The molecule has 0 fully saturated rings. The Morgan fingerprint density at radius 1 is 0.964 bits per heavy atom. The largest absolute Gasteiger partial charge is 0.451 e. The number of carbonyl (C=O) groups is 3. The highest BCUT2D eigenvalue weighted by atomic mass is 32.1. The summed E-state index contributed by atoms with van der Waals surface area (Å²) < 4.78 is 4.95. The Bertz CT molecular complexity index is 984. The topological polar surface area (TPSA) is 97.4 Å². The van der Waals surface area contributed by atoms with Crippen molar-refractivity contribution in [2.24, 2.45) is 0 Å². The standard InChI is InChI=1S/C20H17N3O4S/c1-13(24)21-20-23-17(12-28-20)19(26)27-11-18(25)22-16-9-7-15(8-10-16)14-5-3-2-4-6-14/h2-10,12H,11H2,1H3,(H,22,25)(H,21,23,24). The first kappa shape index (κ1) is 19.2. The number of hydrogen-bond acceptors (Lipinski definition) is 6. The van der Waals surface area contributed by atoms with Crippen LogP contribution in [0.25, 0.3) is 11.1 Å². The second-order valence-corrected chi connectivity index (χ2v) is 6.64. The van der Waals surface area contributed by atoms with Gasteiger partial charge in [-0.1, -0.05) is 42.5 Å². The Labute approximate surface area is 165 Å². The Morgan fingerprint density at radius 3 is 2.32 bits per heavy atom. The zero-order chi connectivity index (χ0) is 19.9. The van der Waals surface area contributed by atoms with Gasteiger partial charge in [-0.2, -0.15) is 0 Å². The van der Waals surface area contributed by atoms with Crippen molar-refractivity contribution in [3.63, 3.8) is 0 Å². The average Bonchev–Trinajstić information content (AvgIpc) is 3.15. The fraction of sp³-hybridized carbons (Fsp3) is 0.100. The predicted molar refractivity (Wildman–Crippen MR) is 107 cm³/mol. The molecule has 2 amide bonds. The zero-order valence-electron chi connectivity index (χ0n) is 15.0. The number of thiazole rings is 1. The van der Waals surface area contributed by atoms with Gasteiger partial charge in [-0.25, -0.2) is 9.78 Å². The maximum absolute atomic E-state index is 12.0. The Morgan fingerprint density at radius 2 is 1.64 bits per heavy atom. The number of aromatic nitrogens is 1. The summed E-state index contributed by atoms with van der Waals surface area (Å²) in [5, 5.41) is 6.89. The lowest BCUT2D eigenvalue weighted by Crippen LogP contribution is -2.21. The molecule has 28 heavy (non-hydrogen) atoms. The van der Waals surface area contributed by atoms with E-state index in [0.29, 0.717) is 10.8 Å². The summed E-state index contributed by atoms with van der Waals surface area (Å²) in [5.41, 5.74) is 2.75. The van der Waals surface area contributed by atoms with Gasteiger partial charge < -0.3 is 15.4 Å². The Balaban J connectivity index is 1.50. The molecule has 0 aliphatic heterocycles. The normalized spacial score (nSPS) is 10.2. The molecule has 0 aliphatic carbocycles. The minimum Gasteiger partial charge on any atom is -0.451 e. The summed E-state index contributed by atoms with van der Waals surface area (Å²) in [6.07, 6.45) is 0. The molecule has 0 spiro atoms. The molecule has 2 N–H and O–H groups in total. The molecule has 1 heterocycles. The van der Waals surface area contributed by atoms with E-state index >= 15 is 0 Å². The SMILES string of the molecule is CC(=O)Nc1nc(C(=O)OCC(=O)Nc2ccc(-c3ccccc3)cc2)cs1. The Kier molecular flexibility index (Phi) is 6.13. The van der Waals surface area contributed by atoms with E-state index in [1.165, 1.54) is 12.3 Å². The molecule has 142 valence electrons. The van der Waals surface area contributed by atoms with Crippen LogP contribution in [0.1, 0.15) is 17.4 Å². The summed E-state index contributed by atoms with van der Waals surface area (Å²) in [5.74, 6) is -1.48. The van der Waals surface area contributed by atoms with Crippen molar-refractivity contribution in [3.05, 3.63) is 65.7 Å². The van der Waals surface area contributed by atoms with E-state index < -0.39 is 18.5 Å². The van der Waals surface area contributed by atoms with E-state index in [2.05, 4.69) is 15.6 Å². The first-order valence-corrected chi connectivity index (χ1v) is 9.25. The van der Waals surface area contributed by atoms with E-state index in [1.54, 1.807) is 12.1 Å². The predicted octanol–water partition coefficient (Wildman–Crippen LogP) is 3.56. The van der Waals surface area contributed by atoms with Gasteiger partial charge in [0.1, 0.15) is 0 Å². The van der Waals surface area contributed by atoms with Crippen LogP contribution in [-0.4, -0.2) is 29.4 Å². The van der Waals surface area contributed by atoms with Crippen LogP contribution >= 0.6 is 11.3 Å². The first-order chi connectivity index (χ1) is 13.5. The third-order valence-electron chi connectivity index (χ3n) is 3.61. The molecule has 1 aromatic heterocycles. The van der Waals surface area contributed by atoms with Gasteiger partial charge in [0.2, 0.25) is 5.91 Å². The minimum absolute atomic E-state index is 0.0359. The van der Waals surface area contributed by atoms with Crippen LogP contribution < -0.4 is 10.6 Å². The third-order valence-corrected chi connectivity index (χ3v) is 4.36. The number of benzene rings is 2. The number of esters is 1. The van der Waals surface area contributed by atoms with Crippen molar-refractivity contribution in [2.45, 2.75) is 6.92 Å². The van der Waals surface area contributed by atoms with E-state index in [4.69, 9.17) is 4.74 Å². The number of nitrogens with one attached hydrogen (secondary N) is 2. The second kappa shape index (κ2) is 8.92. The number of nitrogens with zero attached hydrogens (tertiary/aromatic N) is 1. The molecule has 3 aromatic rings. The van der Waals surface area contributed by atoms with Gasteiger partial charge in [-0.05, 0) is 23.3 Å². The molecule has 0 atom stereocenters. The number of ether oxygens (including phenoxy) is 1. The van der Waals surface area contributed by atoms with Crippen LogP contribution in [0.15, 0.2) is 60.0 Å². The van der Waals surface area contributed by atoms with Crippen LogP contribution in [0.2, 0.25) is 0 Å². The van der Waals surface area contributed by atoms with Gasteiger partial charge in [0, 0.05) is 18.0 Å². The molecule has 0 aliphatic rings. The van der Waals surface area contributed by atoms with Crippen LogP contribution in [-0.2, 0) is 14.3 Å². The minimum atomic E-state index is -0.734. The zero-order valence-corrected chi connectivity index (χ0v) is 15.8. The molecular formula is C20H17N3O4S. The molecule has 0 radical (unpaired) electrons. The summed E-state index contributed by atoms with van der Waals surface area (Å²) >= 11 is 1.10. The lowest BCUT2D eigenvalue weighted by atomic mass is 10.1. The first-order valence-electron chi connectivity index (χ1n) is 8.37. The number of hydrogen-bond donors (Lipinski definition) is 2. The molecular weight excluding hydrogens is 378 g/mol. The highest BCUT2D eigenvalue weighted by Gasteiger charge is 2.14. The van der Waals surface area contributed by atoms with E-state index in [-0.39, 0.29) is 11.6 Å². The number of amides is 2. The van der Waals surface area contributed by atoms with Gasteiger partial charge in [-0.3, -0.25) is 9.59 Å². The highest BCUT2D eigenvalue weighted by Crippen LogP contribution is 2.21. The molecule has 0 saturated heterocycles. The number of carbonyl (C=O) groups excluding carboxylic acids is 3. The van der Waals surface area contributed by atoms with Crippen molar-refractivity contribution in [3.8, 4) is 11.1 Å². The van der Waals surface area contributed by atoms with Crippen LogP contribution in [0.4, 0.5) is 10.8 Å². The number of anilines is 2. The lowest BCUT2D eigenvalue weighted by molar-refractivity contribution is -0.119. The van der Waals surface area contributed by atoms with Crippen molar-refractivity contribution in [1.29, 1.82) is 0 Å². The quantitative estimate of drug-likeness (QED) is 0.622. The van der Waals surface area contributed by atoms with Gasteiger partial charge in [0.05, 0.1) is 0 Å². The smallest absolute Gasteiger partial charge is 0.358 e. The number of rotatable bonds is 6. The molecule has 8 heteroatoms. The average molecular weight is 395 g/mol. The fourth-order valence-corrected chi connectivity index (χ4v) is 3.08. The van der Waals surface area contributed by atoms with Crippen molar-refractivity contribution >= 4 is 39.9 Å². The molecule has 3 rings (SSSR count). The second-order valence-electron chi connectivity index (χ2n) is 5.79. The van der Waals surface area contributed by atoms with Gasteiger partial charge >= 0.3 is 5.97 Å². The lowest BCUT2D eigenvalue weighted by Gasteiger charge is -2.07. The van der Waals surface area contributed by atoms with Gasteiger partial charge in [0.15, 0.2) is 17.4 Å². The highest BCUT2D eigenvalue weighted by molar-refractivity contribution is 7.14. The third kappa shape index (κ3) is 5.24. The van der Waals surface area contributed by atoms with Gasteiger partial charge in [0.25, 0.3) is 5.91 Å². The van der Waals surface area contributed by atoms with Gasteiger partial charge in [-0.15, -0.1) is 11.3 Å². The summed E-state index contributed by atoms with van der Waals surface area (Å²) in [7, 11) is 0. The molecule has 0 bridgehead atoms. The molecule has 0 unspecified atom stereocenters. The maximum atomic E-state index is 12.0. The van der Waals surface area contributed by atoms with Crippen LogP contribution in [0, 0.1) is 0 Å². The molecule has 0 saturated carbocycles.